The van der Waals surface area contributed by atoms with Crippen LogP contribution < -0.4 is 21.1 Å². The van der Waals surface area contributed by atoms with Gasteiger partial charge in [-0.25, -0.2) is 14.2 Å². The molecule has 0 saturated carbocycles. The average Bonchev–Trinajstić information content (AvgIpc) is 2.62. The summed E-state index contributed by atoms with van der Waals surface area (Å²) in [6.45, 7) is 6.44. The Morgan fingerprint density at radius 3 is 2.62 bits per heavy atom. The highest BCUT2D eigenvalue weighted by molar-refractivity contribution is 5.80. The molecule has 0 radical (unpaired) electrons. The van der Waals surface area contributed by atoms with Gasteiger partial charge in [0.2, 0.25) is 0 Å². The van der Waals surface area contributed by atoms with E-state index in [0.717, 1.165) is 25.3 Å². The Morgan fingerprint density at radius 1 is 1.38 bits per heavy atom. The number of nitrogens with two attached hydrogens (primary N) is 1. The molecule has 144 valence electrons. The molecule has 1 atom stereocenters. The van der Waals surface area contributed by atoms with Crippen molar-refractivity contribution in [2.45, 2.75) is 38.8 Å². The lowest BCUT2D eigenvalue weighted by atomic mass is 10.1. The molecular formula is C18H28FN5O2. The van der Waals surface area contributed by atoms with E-state index in [0.29, 0.717) is 25.4 Å². The highest BCUT2D eigenvalue weighted by atomic mass is 19.1. The topological polar surface area (TPSA) is 92.0 Å². The quantitative estimate of drug-likeness (QED) is 0.528. The van der Waals surface area contributed by atoms with E-state index in [-0.39, 0.29) is 24.0 Å². The standard InChI is InChI=1S/C18H28FN5O2/c1-3-21-18(23-15-8-10-24(11-9-15)17(20)25)22-12-13(2)26-16-6-4-14(19)5-7-16/h4-7,13,15H,3,8-12H2,1-2H3,(H2,20,25)(H2,21,22,23). The Kier molecular flexibility index (Phi) is 7.50. The van der Waals surface area contributed by atoms with Crippen LogP contribution in [0.2, 0.25) is 0 Å². The number of urea groups is 1. The maximum atomic E-state index is 12.9. The molecule has 1 aromatic rings. The van der Waals surface area contributed by atoms with Gasteiger partial charge in [0, 0.05) is 25.7 Å². The number of hydrogen-bond donors (Lipinski definition) is 3. The highest BCUT2D eigenvalue weighted by Crippen LogP contribution is 2.13. The van der Waals surface area contributed by atoms with Crippen LogP contribution in [0, 0.1) is 5.82 Å². The molecule has 8 heteroatoms. The van der Waals surface area contributed by atoms with Gasteiger partial charge in [0.05, 0.1) is 6.54 Å². The molecule has 1 aliphatic rings. The van der Waals surface area contributed by atoms with E-state index < -0.39 is 0 Å². The summed E-state index contributed by atoms with van der Waals surface area (Å²) in [6.07, 6.45) is 1.51. The average molecular weight is 365 g/mol. The van der Waals surface area contributed by atoms with Gasteiger partial charge in [0.25, 0.3) is 0 Å². The SMILES string of the molecule is CCNC(=NCC(C)Oc1ccc(F)cc1)NC1CCN(C(N)=O)CC1. The normalized spacial score (nSPS) is 16.9. The number of primary amides is 1. The number of benzene rings is 1. The maximum absolute atomic E-state index is 12.9. The number of nitrogens with one attached hydrogen (secondary N) is 2. The lowest BCUT2D eigenvalue weighted by molar-refractivity contribution is 0.188. The number of carbonyl (C=O) groups is 1. The van der Waals surface area contributed by atoms with Gasteiger partial charge in [-0.15, -0.1) is 0 Å². The second-order valence-corrected chi connectivity index (χ2v) is 6.35. The van der Waals surface area contributed by atoms with Crippen molar-refractivity contribution in [3.05, 3.63) is 30.1 Å². The third kappa shape index (κ3) is 6.42. The summed E-state index contributed by atoms with van der Waals surface area (Å²) in [4.78, 5) is 17.4. The van der Waals surface area contributed by atoms with Crippen LogP contribution in [0.15, 0.2) is 29.3 Å². The molecule has 0 bridgehead atoms. The molecule has 0 aliphatic carbocycles. The van der Waals surface area contributed by atoms with Crippen LogP contribution in [0.4, 0.5) is 9.18 Å². The van der Waals surface area contributed by atoms with Crippen LogP contribution in [-0.2, 0) is 0 Å². The first-order valence-corrected chi connectivity index (χ1v) is 8.99. The molecule has 26 heavy (non-hydrogen) atoms. The van der Waals surface area contributed by atoms with Crippen LogP contribution in [0.3, 0.4) is 0 Å². The fourth-order valence-electron chi connectivity index (χ4n) is 2.76. The summed E-state index contributed by atoms with van der Waals surface area (Å²) in [5.41, 5.74) is 5.31. The molecule has 2 amide bonds. The van der Waals surface area contributed by atoms with Gasteiger partial charge in [-0.1, -0.05) is 0 Å². The highest BCUT2D eigenvalue weighted by Gasteiger charge is 2.21. The molecular weight excluding hydrogens is 337 g/mol. The molecule has 1 unspecified atom stereocenters. The summed E-state index contributed by atoms with van der Waals surface area (Å²) in [5, 5.41) is 6.62. The van der Waals surface area contributed by atoms with E-state index in [1.54, 1.807) is 17.0 Å². The minimum atomic E-state index is -0.365. The molecule has 1 heterocycles. The molecule has 4 N–H and O–H groups in total. The van der Waals surface area contributed by atoms with Crippen LogP contribution in [0.1, 0.15) is 26.7 Å². The second-order valence-electron chi connectivity index (χ2n) is 6.35. The van der Waals surface area contributed by atoms with Crippen LogP contribution in [0.5, 0.6) is 5.75 Å². The fourth-order valence-corrected chi connectivity index (χ4v) is 2.76. The van der Waals surface area contributed by atoms with Crippen LogP contribution in [-0.4, -0.2) is 55.2 Å². The van der Waals surface area contributed by atoms with Crippen molar-refractivity contribution < 1.29 is 13.9 Å². The molecule has 2 rings (SSSR count). The monoisotopic (exact) mass is 365 g/mol. The Labute approximate surface area is 153 Å². The van der Waals surface area contributed by atoms with Crippen LogP contribution >= 0.6 is 0 Å². The summed E-state index contributed by atoms with van der Waals surface area (Å²) in [5.74, 6) is 1.05. The number of piperidine rings is 1. The van der Waals surface area contributed by atoms with E-state index in [9.17, 15) is 9.18 Å². The smallest absolute Gasteiger partial charge is 0.314 e. The number of amides is 2. The van der Waals surface area contributed by atoms with Gasteiger partial charge in [-0.2, -0.15) is 0 Å². The largest absolute Gasteiger partial charge is 0.489 e. The van der Waals surface area contributed by atoms with E-state index in [4.69, 9.17) is 10.5 Å². The first-order valence-electron chi connectivity index (χ1n) is 8.99. The summed E-state index contributed by atoms with van der Waals surface area (Å²) < 4.78 is 18.7. The first-order chi connectivity index (χ1) is 12.5. The number of likely N-dealkylation sites (tertiary alicyclic amines) is 1. The predicted octanol–water partition coefficient (Wildman–Crippen LogP) is 1.69. The minimum absolute atomic E-state index is 0.146. The van der Waals surface area contributed by atoms with Gasteiger partial charge in [-0.05, 0) is 51.0 Å². The van der Waals surface area contributed by atoms with E-state index in [2.05, 4.69) is 15.6 Å². The van der Waals surface area contributed by atoms with Crippen molar-refractivity contribution >= 4 is 12.0 Å². The summed E-state index contributed by atoms with van der Waals surface area (Å²) in [6, 6.07) is 5.83. The maximum Gasteiger partial charge on any atom is 0.314 e. The Hall–Kier alpha value is -2.51. The minimum Gasteiger partial charge on any atom is -0.489 e. The Morgan fingerprint density at radius 2 is 2.04 bits per heavy atom. The summed E-state index contributed by atoms with van der Waals surface area (Å²) in [7, 11) is 0. The molecule has 0 spiro atoms. The molecule has 7 nitrogen and oxygen atoms in total. The van der Waals surface area contributed by atoms with Crippen molar-refractivity contribution in [3.63, 3.8) is 0 Å². The van der Waals surface area contributed by atoms with Crippen LogP contribution in [0.25, 0.3) is 0 Å². The number of nitrogens with zero attached hydrogens (tertiary/aromatic N) is 2. The van der Waals surface area contributed by atoms with Gasteiger partial charge in [0.15, 0.2) is 5.96 Å². The first kappa shape index (κ1) is 19.8. The lowest BCUT2D eigenvalue weighted by Crippen LogP contribution is -2.50. The summed E-state index contributed by atoms with van der Waals surface area (Å²) >= 11 is 0. The number of aliphatic imine (C=N–C) groups is 1. The third-order valence-corrected chi connectivity index (χ3v) is 4.15. The van der Waals surface area contributed by atoms with Crippen molar-refractivity contribution in [2.24, 2.45) is 10.7 Å². The van der Waals surface area contributed by atoms with E-state index in [1.165, 1.54) is 12.1 Å². The van der Waals surface area contributed by atoms with Gasteiger partial charge in [0.1, 0.15) is 17.7 Å². The van der Waals surface area contributed by atoms with Crippen molar-refractivity contribution in [2.75, 3.05) is 26.2 Å². The predicted molar refractivity (Wildman–Crippen MR) is 99.8 cm³/mol. The Balaban J connectivity index is 1.83. The molecule has 1 aromatic carbocycles. The number of carbonyl (C=O) groups excluding carboxylic acids is 1. The van der Waals surface area contributed by atoms with E-state index >= 15 is 0 Å². The second kappa shape index (κ2) is 9.84. The zero-order valence-corrected chi connectivity index (χ0v) is 15.4. The van der Waals surface area contributed by atoms with Crippen molar-refractivity contribution in [3.8, 4) is 5.75 Å². The van der Waals surface area contributed by atoms with Crippen molar-refractivity contribution in [1.29, 1.82) is 0 Å². The number of halogens is 1. The number of hydrogen-bond acceptors (Lipinski definition) is 3. The third-order valence-electron chi connectivity index (χ3n) is 4.15. The molecule has 1 aliphatic heterocycles. The molecule has 0 aromatic heterocycles. The zero-order chi connectivity index (χ0) is 18.9. The zero-order valence-electron chi connectivity index (χ0n) is 15.4. The van der Waals surface area contributed by atoms with Gasteiger partial charge < -0.3 is 26.0 Å². The van der Waals surface area contributed by atoms with E-state index in [1.807, 2.05) is 13.8 Å². The van der Waals surface area contributed by atoms with Crippen molar-refractivity contribution in [1.82, 2.24) is 15.5 Å². The molecule has 1 fully saturated rings. The Bertz CT molecular complexity index is 600. The molecule has 1 saturated heterocycles. The number of ether oxygens (including phenoxy) is 1. The van der Waals surface area contributed by atoms with Gasteiger partial charge in [-0.3, -0.25) is 0 Å². The number of rotatable bonds is 6. The lowest BCUT2D eigenvalue weighted by Gasteiger charge is -2.32. The number of guanidine groups is 1. The fraction of sp³-hybridized carbons (Fsp3) is 0.556. The van der Waals surface area contributed by atoms with Gasteiger partial charge >= 0.3 is 6.03 Å².